The van der Waals surface area contributed by atoms with Crippen LogP contribution < -0.4 is 0 Å². The molecular formula is C72H131O24P. The maximum atomic E-state index is 14.3. The summed E-state index contributed by atoms with van der Waals surface area (Å²) in [4.78, 5) is 51.0. The van der Waals surface area contributed by atoms with Gasteiger partial charge in [-0.05, 0) is 70.6 Å². The highest BCUT2D eigenvalue weighted by Crippen LogP contribution is 2.49. The van der Waals surface area contributed by atoms with Gasteiger partial charge in [-0.1, -0.05) is 218 Å². The lowest BCUT2D eigenvalue weighted by atomic mass is 9.84. The molecule has 2 heterocycles. The topological polar surface area (TPSA) is 374 Å². The zero-order valence-electron chi connectivity index (χ0n) is 59.1. The monoisotopic (exact) mass is 1410 g/mol. The standard InChI is InChI=1S/C72H131O24P/c1-4-7-10-13-16-19-22-25-27-30-33-36-39-42-45-48-58(76)91-53(50-88-56(74)46-43-40-37-34-32-29-26-23-20-17-14-11-8-5-2)51-90-97(86,87)96-70-68(94-71-66(84)61(79)59(77)54(49-73)92-71)64(82)63(81)65(83)69(70)95-72-67(85)62(80)60(78)55(93-72)52-89-57(75)47-44-41-38-35-31-28-24-21-18-15-12-9-6-3/h19,22,28,31,53-55,59-73,77-85H,4-18,20-21,23-27,29-30,32-52H2,1-3H3,(H,86,87)/b22-19-,31-28-. The summed E-state index contributed by atoms with van der Waals surface area (Å²) in [6, 6.07) is 0. The van der Waals surface area contributed by atoms with E-state index in [1.165, 1.54) is 109 Å². The minimum atomic E-state index is -5.70. The van der Waals surface area contributed by atoms with E-state index in [-0.39, 0.29) is 19.3 Å². The van der Waals surface area contributed by atoms with Gasteiger partial charge in [0.15, 0.2) is 18.7 Å². The second-order valence-electron chi connectivity index (χ2n) is 27.0. The Hall–Kier alpha value is -2.56. The molecular weight excluding hydrogens is 1280 g/mol. The predicted molar refractivity (Wildman–Crippen MR) is 365 cm³/mol. The third-order valence-electron chi connectivity index (χ3n) is 18.5. The van der Waals surface area contributed by atoms with E-state index in [1.54, 1.807) is 0 Å². The molecule has 11 N–H and O–H groups in total. The molecule has 0 aromatic rings. The van der Waals surface area contributed by atoms with Gasteiger partial charge < -0.3 is 89.1 Å². The summed E-state index contributed by atoms with van der Waals surface area (Å²) in [7, 11) is -5.70. The summed E-state index contributed by atoms with van der Waals surface area (Å²) in [5.41, 5.74) is 0. The molecule has 0 bridgehead atoms. The summed E-state index contributed by atoms with van der Waals surface area (Å²) >= 11 is 0. The van der Waals surface area contributed by atoms with E-state index in [4.69, 9.17) is 42.2 Å². The zero-order valence-corrected chi connectivity index (χ0v) is 60.0. The molecule has 97 heavy (non-hydrogen) atoms. The van der Waals surface area contributed by atoms with Gasteiger partial charge in [0.1, 0.15) is 98.7 Å². The van der Waals surface area contributed by atoms with Gasteiger partial charge in [0.25, 0.3) is 0 Å². The summed E-state index contributed by atoms with van der Waals surface area (Å²) in [5, 5.41) is 110. The summed E-state index contributed by atoms with van der Waals surface area (Å²) in [6.07, 6.45) is 13.9. The van der Waals surface area contributed by atoms with E-state index < -0.39 is 156 Å². The SMILES string of the molecule is CCCCCC/C=C\CCCCCCCCCC(=O)OC(COC(=O)CCCCCCCCCCCCCCCC)COP(=O)(O)OC1C(OC2OC(CO)C(O)C(O)C2O)C(O)C(O)C(O)C1OC1OC(COC(=O)CCCCC/C=C\CCCCCCCC)C(O)C(O)C1O. The second-order valence-corrected chi connectivity index (χ2v) is 28.4. The molecule has 0 amide bonds. The number of aliphatic hydroxyl groups excluding tert-OH is 10. The Bertz CT molecular complexity index is 2110. The van der Waals surface area contributed by atoms with Gasteiger partial charge in [-0.15, -0.1) is 0 Å². The average Bonchev–Trinajstić information content (AvgIpc) is 0.764. The molecule has 0 aromatic heterocycles. The molecule has 24 nitrogen and oxygen atoms in total. The van der Waals surface area contributed by atoms with Crippen molar-refractivity contribution >= 4 is 25.7 Å². The van der Waals surface area contributed by atoms with Crippen molar-refractivity contribution in [1.82, 2.24) is 0 Å². The quantitative estimate of drug-likeness (QED) is 0.00886. The van der Waals surface area contributed by atoms with Gasteiger partial charge in [-0.2, -0.15) is 0 Å². The fraction of sp³-hybridized carbons (Fsp3) is 0.903. The maximum Gasteiger partial charge on any atom is 0.472 e. The van der Waals surface area contributed by atoms with Crippen LogP contribution in [0.1, 0.15) is 284 Å². The van der Waals surface area contributed by atoms with Crippen LogP contribution in [0.3, 0.4) is 0 Å². The minimum Gasteiger partial charge on any atom is -0.463 e. The second kappa shape index (κ2) is 54.1. The van der Waals surface area contributed by atoms with E-state index in [0.717, 1.165) is 116 Å². The molecule has 0 radical (unpaired) electrons. The highest BCUT2D eigenvalue weighted by molar-refractivity contribution is 7.47. The summed E-state index contributed by atoms with van der Waals surface area (Å²) in [5.74, 6) is -2.01. The van der Waals surface area contributed by atoms with Crippen molar-refractivity contribution in [1.29, 1.82) is 0 Å². The Kier molecular flexibility index (Phi) is 49.5. The van der Waals surface area contributed by atoms with Crippen LogP contribution in [-0.2, 0) is 61.2 Å². The molecule has 1 saturated carbocycles. The molecule has 25 heteroatoms. The Morgan fingerprint density at radius 3 is 1.13 bits per heavy atom. The van der Waals surface area contributed by atoms with Crippen LogP contribution >= 0.6 is 7.82 Å². The molecule has 3 fully saturated rings. The number of hydrogen-bond acceptors (Lipinski definition) is 23. The number of carbonyl (C=O) groups excluding carboxylic acids is 3. The van der Waals surface area contributed by atoms with E-state index in [2.05, 4.69) is 45.1 Å². The number of unbranched alkanes of at least 4 members (excludes halogenated alkanes) is 33. The molecule has 2 saturated heterocycles. The molecule has 2 aliphatic heterocycles. The number of esters is 3. The number of hydrogen-bond donors (Lipinski definition) is 11. The lowest BCUT2D eigenvalue weighted by Gasteiger charge is -2.49. The molecule has 18 unspecified atom stereocenters. The number of carbonyl (C=O) groups is 3. The van der Waals surface area contributed by atoms with Gasteiger partial charge in [0.05, 0.1) is 13.2 Å². The fourth-order valence-electron chi connectivity index (χ4n) is 12.3. The Balaban J connectivity index is 1.74. The Labute approximate surface area is 579 Å². The molecule has 1 aliphatic carbocycles. The van der Waals surface area contributed by atoms with Crippen molar-refractivity contribution in [3.8, 4) is 0 Å². The summed E-state index contributed by atoms with van der Waals surface area (Å²) in [6.45, 7) is 3.41. The van der Waals surface area contributed by atoms with Gasteiger partial charge in [0, 0.05) is 19.3 Å². The first kappa shape index (κ1) is 88.7. The van der Waals surface area contributed by atoms with Gasteiger partial charge >= 0.3 is 25.7 Å². The van der Waals surface area contributed by atoms with Crippen LogP contribution in [0.4, 0.5) is 0 Å². The highest BCUT2D eigenvalue weighted by Gasteiger charge is 2.58. The van der Waals surface area contributed by atoms with E-state index in [1.807, 2.05) is 0 Å². The van der Waals surface area contributed by atoms with Crippen LogP contribution in [0, 0.1) is 0 Å². The van der Waals surface area contributed by atoms with Crippen molar-refractivity contribution in [2.45, 2.75) is 388 Å². The minimum absolute atomic E-state index is 0.00807. The molecule has 3 aliphatic rings. The molecule has 18 atom stereocenters. The van der Waals surface area contributed by atoms with Gasteiger partial charge in [-0.3, -0.25) is 23.4 Å². The Morgan fingerprint density at radius 1 is 0.392 bits per heavy atom. The first-order valence-electron chi connectivity index (χ1n) is 37.6. The van der Waals surface area contributed by atoms with Crippen molar-refractivity contribution in [2.75, 3.05) is 26.4 Å². The summed E-state index contributed by atoms with van der Waals surface area (Å²) < 4.78 is 65.0. The van der Waals surface area contributed by atoms with E-state index >= 15 is 0 Å². The number of rotatable bonds is 58. The number of allylic oxidation sites excluding steroid dienone is 4. The molecule has 0 aromatic carbocycles. The largest absolute Gasteiger partial charge is 0.472 e. The van der Waals surface area contributed by atoms with Crippen LogP contribution in [0.5, 0.6) is 0 Å². The first-order chi connectivity index (χ1) is 46.8. The molecule has 3 rings (SSSR count). The average molecular weight is 1410 g/mol. The number of aliphatic hydroxyl groups is 10. The molecule has 568 valence electrons. The van der Waals surface area contributed by atoms with Crippen molar-refractivity contribution in [2.24, 2.45) is 0 Å². The van der Waals surface area contributed by atoms with Crippen molar-refractivity contribution < 1.29 is 117 Å². The number of phosphoric acid groups is 1. The van der Waals surface area contributed by atoms with E-state index in [0.29, 0.717) is 19.3 Å². The van der Waals surface area contributed by atoms with Crippen LogP contribution in [-0.4, -0.2) is 204 Å². The third-order valence-corrected chi connectivity index (χ3v) is 19.4. The van der Waals surface area contributed by atoms with E-state index in [9.17, 15) is 74.9 Å². The van der Waals surface area contributed by atoms with Crippen LogP contribution in [0.2, 0.25) is 0 Å². The van der Waals surface area contributed by atoms with Crippen LogP contribution in [0.25, 0.3) is 0 Å². The van der Waals surface area contributed by atoms with Gasteiger partial charge in [-0.25, -0.2) is 4.57 Å². The van der Waals surface area contributed by atoms with Crippen LogP contribution in [0.15, 0.2) is 24.3 Å². The molecule has 0 spiro atoms. The smallest absolute Gasteiger partial charge is 0.463 e. The number of phosphoric ester groups is 1. The lowest BCUT2D eigenvalue weighted by Crippen LogP contribution is -2.69. The predicted octanol–water partition coefficient (Wildman–Crippen LogP) is 10.1. The zero-order chi connectivity index (χ0) is 71.1. The normalized spacial score (nSPS) is 27.9. The fourth-order valence-corrected chi connectivity index (χ4v) is 13.2. The third kappa shape index (κ3) is 37.4. The van der Waals surface area contributed by atoms with Gasteiger partial charge in [0.2, 0.25) is 0 Å². The van der Waals surface area contributed by atoms with Crippen molar-refractivity contribution in [3.63, 3.8) is 0 Å². The first-order valence-corrected chi connectivity index (χ1v) is 39.1. The Morgan fingerprint density at radius 2 is 0.722 bits per heavy atom. The maximum absolute atomic E-state index is 14.3. The lowest BCUT2D eigenvalue weighted by molar-refractivity contribution is -0.360. The van der Waals surface area contributed by atoms with Crippen molar-refractivity contribution in [3.05, 3.63) is 24.3 Å². The highest BCUT2D eigenvalue weighted by atomic mass is 31.2. The number of ether oxygens (including phenoxy) is 7.